The van der Waals surface area contributed by atoms with Crippen molar-refractivity contribution in [2.45, 2.75) is 33.2 Å². The van der Waals surface area contributed by atoms with E-state index in [4.69, 9.17) is 0 Å². The van der Waals surface area contributed by atoms with Crippen LogP contribution < -0.4 is 10.2 Å². The van der Waals surface area contributed by atoms with Gasteiger partial charge < -0.3 is 10.2 Å². The maximum absolute atomic E-state index is 13.0. The highest BCUT2D eigenvalue weighted by atomic mass is 19.1. The Morgan fingerprint density at radius 3 is 2.26 bits per heavy atom. The molecule has 0 aliphatic rings. The lowest BCUT2D eigenvalue weighted by Crippen LogP contribution is -2.31. The van der Waals surface area contributed by atoms with Crippen LogP contribution in [0.3, 0.4) is 0 Å². The van der Waals surface area contributed by atoms with Crippen LogP contribution in [0.4, 0.5) is 15.8 Å². The molecule has 2 amide bonds. The van der Waals surface area contributed by atoms with Gasteiger partial charge in [0.25, 0.3) is 0 Å². The number of hydrogen-bond donors (Lipinski definition) is 1. The first kappa shape index (κ1) is 22.2. The molecule has 0 aliphatic heterocycles. The van der Waals surface area contributed by atoms with Crippen molar-refractivity contribution >= 4 is 23.2 Å². The van der Waals surface area contributed by atoms with E-state index in [1.165, 1.54) is 24.3 Å². The van der Waals surface area contributed by atoms with Crippen molar-refractivity contribution in [3.63, 3.8) is 0 Å². The van der Waals surface area contributed by atoms with Crippen LogP contribution in [0.5, 0.6) is 0 Å². The number of carbonyl (C=O) groups is 2. The van der Waals surface area contributed by atoms with Gasteiger partial charge in [0.05, 0.1) is 13.0 Å². The van der Waals surface area contributed by atoms with Crippen molar-refractivity contribution in [1.82, 2.24) is 0 Å². The largest absolute Gasteiger partial charge is 0.326 e. The van der Waals surface area contributed by atoms with E-state index < -0.39 is 0 Å². The van der Waals surface area contributed by atoms with Crippen LogP contribution in [-0.4, -0.2) is 11.8 Å². The van der Waals surface area contributed by atoms with Gasteiger partial charge in [-0.25, -0.2) is 4.39 Å². The van der Waals surface area contributed by atoms with Gasteiger partial charge >= 0.3 is 0 Å². The molecule has 0 bridgehead atoms. The van der Waals surface area contributed by atoms with Crippen LogP contribution in [0, 0.1) is 11.7 Å². The first-order chi connectivity index (χ1) is 14.9. The standard InChI is InChI=1S/C26H27FN2O2/c1-19(2)15-26(31)29(18-20-7-4-3-5-8-20)24-10-6-9-21(16-24)17-25(30)28-23-13-11-22(27)12-14-23/h3-14,16,19H,15,17-18H2,1-2H3,(H,28,30). The predicted molar refractivity (Wildman–Crippen MR) is 122 cm³/mol. The van der Waals surface area contributed by atoms with Crippen molar-refractivity contribution in [1.29, 1.82) is 0 Å². The molecule has 160 valence electrons. The molecule has 0 aliphatic carbocycles. The van der Waals surface area contributed by atoms with Crippen LogP contribution in [-0.2, 0) is 22.6 Å². The van der Waals surface area contributed by atoms with Crippen LogP contribution >= 0.6 is 0 Å². The monoisotopic (exact) mass is 418 g/mol. The van der Waals surface area contributed by atoms with Gasteiger partial charge in [0, 0.05) is 17.8 Å². The molecular formula is C26H27FN2O2. The summed E-state index contributed by atoms with van der Waals surface area (Å²) in [5, 5.41) is 2.77. The summed E-state index contributed by atoms with van der Waals surface area (Å²) in [4.78, 5) is 27.2. The molecule has 0 fully saturated rings. The van der Waals surface area contributed by atoms with E-state index >= 15 is 0 Å². The highest BCUT2D eigenvalue weighted by Gasteiger charge is 2.18. The third kappa shape index (κ3) is 6.78. The van der Waals surface area contributed by atoms with E-state index in [-0.39, 0.29) is 30.0 Å². The maximum atomic E-state index is 13.0. The molecule has 3 aromatic rings. The van der Waals surface area contributed by atoms with Crippen LogP contribution in [0.2, 0.25) is 0 Å². The van der Waals surface area contributed by atoms with Gasteiger partial charge in [0.2, 0.25) is 11.8 Å². The lowest BCUT2D eigenvalue weighted by molar-refractivity contribution is -0.119. The molecule has 0 unspecified atom stereocenters. The maximum Gasteiger partial charge on any atom is 0.228 e. The molecule has 5 heteroatoms. The third-order valence-corrected chi connectivity index (χ3v) is 4.78. The van der Waals surface area contributed by atoms with E-state index in [0.717, 1.165) is 16.8 Å². The number of rotatable bonds is 8. The summed E-state index contributed by atoms with van der Waals surface area (Å²) in [5.41, 5.74) is 3.15. The van der Waals surface area contributed by atoms with Crippen molar-refractivity contribution in [3.8, 4) is 0 Å². The first-order valence-corrected chi connectivity index (χ1v) is 10.4. The number of amides is 2. The molecule has 3 aromatic carbocycles. The Labute approximate surface area is 182 Å². The number of nitrogens with zero attached hydrogens (tertiary/aromatic N) is 1. The number of hydrogen-bond acceptors (Lipinski definition) is 2. The summed E-state index contributed by atoms with van der Waals surface area (Å²) in [7, 11) is 0. The summed E-state index contributed by atoms with van der Waals surface area (Å²) >= 11 is 0. The minimum Gasteiger partial charge on any atom is -0.326 e. The Bertz CT molecular complexity index is 1020. The SMILES string of the molecule is CC(C)CC(=O)N(Cc1ccccc1)c1cccc(CC(=O)Nc2ccc(F)cc2)c1. The van der Waals surface area contributed by atoms with Gasteiger partial charge in [-0.05, 0) is 53.4 Å². The van der Waals surface area contributed by atoms with Crippen molar-refractivity contribution in [2.24, 2.45) is 5.92 Å². The van der Waals surface area contributed by atoms with Crippen molar-refractivity contribution in [3.05, 3.63) is 95.8 Å². The quantitative estimate of drug-likeness (QED) is 0.519. The molecular weight excluding hydrogens is 391 g/mol. The van der Waals surface area contributed by atoms with Gasteiger partial charge in [-0.2, -0.15) is 0 Å². The lowest BCUT2D eigenvalue weighted by atomic mass is 10.1. The second-order valence-electron chi connectivity index (χ2n) is 7.97. The average Bonchev–Trinajstić information content (AvgIpc) is 2.74. The predicted octanol–water partition coefficient (Wildman–Crippen LogP) is 5.59. The van der Waals surface area contributed by atoms with Crippen molar-refractivity contribution in [2.75, 3.05) is 10.2 Å². The van der Waals surface area contributed by atoms with Gasteiger partial charge in [-0.1, -0.05) is 56.3 Å². The Kier molecular flexibility index (Phi) is 7.55. The molecule has 0 radical (unpaired) electrons. The second kappa shape index (κ2) is 10.5. The van der Waals surface area contributed by atoms with E-state index in [9.17, 15) is 14.0 Å². The fourth-order valence-electron chi connectivity index (χ4n) is 3.31. The van der Waals surface area contributed by atoms with E-state index in [0.29, 0.717) is 18.7 Å². The molecule has 1 N–H and O–H groups in total. The fraction of sp³-hybridized carbons (Fsp3) is 0.231. The van der Waals surface area contributed by atoms with Crippen LogP contribution in [0.1, 0.15) is 31.4 Å². The van der Waals surface area contributed by atoms with Crippen LogP contribution in [0.15, 0.2) is 78.9 Å². The van der Waals surface area contributed by atoms with E-state index in [1.54, 1.807) is 4.90 Å². The number of carbonyl (C=O) groups excluding carboxylic acids is 2. The fourth-order valence-corrected chi connectivity index (χ4v) is 3.31. The van der Waals surface area contributed by atoms with Crippen LogP contribution in [0.25, 0.3) is 0 Å². The Morgan fingerprint density at radius 2 is 1.58 bits per heavy atom. The molecule has 0 heterocycles. The summed E-state index contributed by atoms with van der Waals surface area (Å²) in [6, 6.07) is 23.0. The zero-order valence-corrected chi connectivity index (χ0v) is 17.8. The van der Waals surface area contributed by atoms with Crippen molar-refractivity contribution < 1.29 is 14.0 Å². The zero-order chi connectivity index (χ0) is 22.2. The number of halogens is 1. The summed E-state index contributed by atoms with van der Waals surface area (Å²) in [5.74, 6) is -0.260. The minimum absolute atomic E-state index is 0.0479. The average molecular weight is 419 g/mol. The summed E-state index contributed by atoms with van der Waals surface area (Å²) < 4.78 is 13.0. The molecule has 0 aromatic heterocycles. The summed E-state index contributed by atoms with van der Waals surface area (Å²) in [6.45, 7) is 4.52. The van der Waals surface area contributed by atoms with E-state index in [2.05, 4.69) is 5.32 Å². The summed E-state index contributed by atoms with van der Waals surface area (Å²) in [6.07, 6.45) is 0.602. The van der Waals surface area contributed by atoms with Gasteiger partial charge in [0.15, 0.2) is 0 Å². The first-order valence-electron chi connectivity index (χ1n) is 10.4. The molecule has 0 saturated carbocycles. The number of nitrogens with one attached hydrogen (secondary N) is 1. The molecule has 3 rings (SSSR count). The highest BCUT2D eigenvalue weighted by molar-refractivity contribution is 5.94. The Balaban J connectivity index is 1.77. The normalized spacial score (nSPS) is 10.7. The van der Waals surface area contributed by atoms with Gasteiger partial charge in [-0.15, -0.1) is 0 Å². The number of benzene rings is 3. The second-order valence-corrected chi connectivity index (χ2v) is 7.97. The molecule has 4 nitrogen and oxygen atoms in total. The minimum atomic E-state index is -0.352. The Hall–Kier alpha value is -3.47. The topological polar surface area (TPSA) is 49.4 Å². The third-order valence-electron chi connectivity index (χ3n) is 4.78. The van der Waals surface area contributed by atoms with Gasteiger partial charge in [-0.3, -0.25) is 9.59 Å². The molecule has 0 atom stereocenters. The van der Waals surface area contributed by atoms with E-state index in [1.807, 2.05) is 68.4 Å². The smallest absolute Gasteiger partial charge is 0.228 e. The molecule has 0 saturated heterocycles. The zero-order valence-electron chi connectivity index (χ0n) is 17.8. The van der Waals surface area contributed by atoms with Gasteiger partial charge in [0.1, 0.15) is 5.82 Å². The number of anilines is 2. The molecule has 31 heavy (non-hydrogen) atoms. The highest BCUT2D eigenvalue weighted by Crippen LogP contribution is 2.22. The molecule has 0 spiro atoms. The lowest BCUT2D eigenvalue weighted by Gasteiger charge is -2.24. The Morgan fingerprint density at radius 1 is 0.903 bits per heavy atom.